The van der Waals surface area contributed by atoms with Crippen molar-refractivity contribution in [3.63, 3.8) is 0 Å². The van der Waals surface area contributed by atoms with E-state index in [1.807, 2.05) is 57.7 Å². The van der Waals surface area contributed by atoms with Gasteiger partial charge in [0.1, 0.15) is 17.6 Å². The van der Waals surface area contributed by atoms with Gasteiger partial charge in [-0.05, 0) is 48.0 Å². The Labute approximate surface area is 183 Å². The van der Waals surface area contributed by atoms with Gasteiger partial charge < -0.3 is 0 Å². The summed E-state index contributed by atoms with van der Waals surface area (Å²) in [5, 5.41) is 1.44. The molecule has 146 valence electrons. The van der Waals surface area contributed by atoms with E-state index < -0.39 is 0 Å². The van der Waals surface area contributed by atoms with Gasteiger partial charge in [0.05, 0.1) is 16.6 Å². The number of hydrogen-bond acceptors (Lipinski definition) is 2. The predicted octanol–water partition coefficient (Wildman–Crippen LogP) is 5.40. The first kappa shape index (κ1) is 19.8. The number of anilines is 1. The standard InChI is InChI=1S/C22H16Cl3N3O/c23-16-8-5-14(6-9-16)12-27-19-3-1-2-4-20(19)28(22(27)26)13-21(29)15-7-10-17(24)18(25)11-15/h1-11,26H,12-13H2/p+1. The molecular weight excluding hydrogens is 429 g/mol. The molecule has 0 aliphatic carbocycles. The number of fused-ring (bicyclic) bond motifs is 1. The fourth-order valence-corrected chi connectivity index (χ4v) is 3.75. The van der Waals surface area contributed by atoms with Crippen molar-refractivity contribution in [1.29, 1.82) is 0 Å². The van der Waals surface area contributed by atoms with Crippen LogP contribution in [0.1, 0.15) is 15.9 Å². The summed E-state index contributed by atoms with van der Waals surface area (Å²) in [6.45, 7) is 0.662. The van der Waals surface area contributed by atoms with E-state index in [0.717, 1.165) is 16.6 Å². The van der Waals surface area contributed by atoms with Crippen LogP contribution in [0.2, 0.25) is 15.1 Å². The molecule has 2 N–H and O–H groups in total. The second-order valence-electron chi connectivity index (χ2n) is 6.70. The number of benzene rings is 3. The molecule has 29 heavy (non-hydrogen) atoms. The van der Waals surface area contributed by atoms with Gasteiger partial charge in [-0.2, -0.15) is 0 Å². The Morgan fingerprint density at radius 2 is 1.66 bits per heavy atom. The summed E-state index contributed by atoms with van der Waals surface area (Å²) in [7, 11) is 0. The fraction of sp³-hybridized carbons (Fsp3) is 0.0909. The van der Waals surface area contributed by atoms with Crippen LogP contribution in [0.15, 0.2) is 66.7 Å². The van der Waals surface area contributed by atoms with Gasteiger partial charge in [-0.15, -0.1) is 0 Å². The topological polar surface area (TPSA) is 51.9 Å². The zero-order chi connectivity index (χ0) is 20.5. The number of imidazole rings is 1. The van der Waals surface area contributed by atoms with Crippen molar-refractivity contribution in [3.05, 3.63) is 92.9 Å². The Morgan fingerprint density at radius 3 is 2.38 bits per heavy atom. The lowest BCUT2D eigenvalue weighted by Gasteiger charge is -2.04. The Morgan fingerprint density at radius 1 is 0.931 bits per heavy atom. The molecule has 4 nitrogen and oxygen atoms in total. The van der Waals surface area contributed by atoms with Crippen LogP contribution in [-0.4, -0.2) is 10.4 Å². The number of Topliss-reactive ketones (excluding diaryl/α,β-unsaturated/α-hetero) is 1. The molecule has 4 rings (SSSR count). The molecule has 0 aliphatic rings. The summed E-state index contributed by atoms with van der Waals surface area (Å²) in [6, 6.07) is 20.3. The number of hydrogen-bond donors (Lipinski definition) is 1. The van der Waals surface area contributed by atoms with Gasteiger partial charge in [-0.25, -0.2) is 9.13 Å². The quantitative estimate of drug-likeness (QED) is 0.330. The van der Waals surface area contributed by atoms with Crippen LogP contribution in [0.5, 0.6) is 0 Å². The maximum Gasteiger partial charge on any atom is 0.356 e. The number of halogens is 3. The summed E-state index contributed by atoms with van der Waals surface area (Å²) in [4.78, 5) is 12.9. The van der Waals surface area contributed by atoms with Crippen molar-refractivity contribution in [2.75, 3.05) is 5.73 Å². The molecule has 0 bridgehead atoms. The molecule has 0 saturated heterocycles. The van der Waals surface area contributed by atoms with Gasteiger partial charge in [-0.3, -0.25) is 10.5 Å². The monoisotopic (exact) mass is 444 g/mol. The molecular formula is C22H17Cl3N3O+. The van der Waals surface area contributed by atoms with Crippen LogP contribution in [0.25, 0.3) is 11.0 Å². The number of nitrogen functional groups attached to an aromatic ring is 1. The van der Waals surface area contributed by atoms with Crippen LogP contribution in [-0.2, 0) is 13.1 Å². The third-order valence-corrected chi connectivity index (χ3v) is 5.80. The lowest BCUT2D eigenvalue weighted by molar-refractivity contribution is -0.648. The van der Waals surface area contributed by atoms with E-state index in [4.69, 9.17) is 40.5 Å². The predicted molar refractivity (Wildman–Crippen MR) is 118 cm³/mol. The summed E-state index contributed by atoms with van der Waals surface area (Å²) < 4.78 is 3.80. The number of carbonyl (C=O) groups is 1. The average Bonchev–Trinajstić information content (AvgIpc) is 2.97. The summed E-state index contributed by atoms with van der Waals surface area (Å²) in [6.07, 6.45) is 0. The molecule has 0 aliphatic heterocycles. The minimum absolute atomic E-state index is 0.0952. The average molecular weight is 446 g/mol. The van der Waals surface area contributed by atoms with Crippen molar-refractivity contribution in [2.45, 2.75) is 13.1 Å². The van der Waals surface area contributed by atoms with Crippen LogP contribution >= 0.6 is 34.8 Å². The lowest BCUT2D eigenvalue weighted by Crippen LogP contribution is -2.37. The van der Waals surface area contributed by atoms with E-state index in [-0.39, 0.29) is 12.3 Å². The second kappa shape index (κ2) is 8.07. The van der Waals surface area contributed by atoms with Crippen LogP contribution in [0.3, 0.4) is 0 Å². The van der Waals surface area contributed by atoms with E-state index in [1.165, 1.54) is 0 Å². The zero-order valence-electron chi connectivity index (χ0n) is 15.3. The number of rotatable bonds is 5. The largest absolute Gasteiger partial charge is 0.356 e. The van der Waals surface area contributed by atoms with Crippen LogP contribution < -0.4 is 10.3 Å². The molecule has 0 amide bonds. The number of nitrogens with zero attached hydrogens (tertiary/aromatic N) is 2. The molecule has 0 saturated carbocycles. The highest BCUT2D eigenvalue weighted by Gasteiger charge is 2.23. The SMILES string of the molecule is Nc1n(CC(=O)c2ccc(Cl)c(Cl)c2)c2ccccc2[n+]1Cc1ccc(Cl)cc1. The fourth-order valence-electron chi connectivity index (χ4n) is 3.32. The molecule has 1 aromatic heterocycles. The van der Waals surface area contributed by atoms with Gasteiger partial charge in [0.2, 0.25) is 0 Å². The summed E-state index contributed by atoms with van der Waals surface area (Å²) in [5.41, 5.74) is 9.85. The maximum absolute atomic E-state index is 12.9. The third-order valence-electron chi connectivity index (χ3n) is 4.81. The van der Waals surface area contributed by atoms with Crippen molar-refractivity contribution < 1.29 is 9.36 Å². The van der Waals surface area contributed by atoms with E-state index in [1.54, 1.807) is 18.2 Å². The summed E-state index contributed by atoms with van der Waals surface area (Å²) >= 11 is 18.0. The Hall–Kier alpha value is -2.53. The third kappa shape index (κ3) is 3.97. The first-order valence-corrected chi connectivity index (χ1v) is 10.1. The highest BCUT2D eigenvalue weighted by Crippen LogP contribution is 2.24. The zero-order valence-corrected chi connectivity index (χ0v) is 17.5. The molecule has 0 atom stereocenters. The molecule has 7 heteroatoms. The normalized spacial score (nSPS) is 11.1. The van der Waals surface area contributed by atoms with Crippen LogP contribution in [0.4, 0.5) is 5.95 Å². The summed E-state index contributed by atoms with van der Waals surface area (Å²) in [5.74, 6) is 0.393. The molecule has 1 heterocycles. The smallest absolute Gasteiger partial charge is 0.291 e. The van der Waals surface area contributed by atoms with Crippen molar-refractivity contribution in [3.8, 4) is 0 Å². The Bertz CT molecular complexity index is 1220. The lowest BCUT2D eigenvalue weighted by atomic mass is 10.1. The molecule has 3 aromatic carbocycles. The number of nitrogens with two attached hydrogens (primary N) is 1. The number of carbonyl (C=O) groups excluding carboxylic acids is 1. The van der Waals surface area contributed by atoms with Gasteiger partial charge in [0.15, 0.2) is 5.78 Å². The molecule has 0 radical (unpaired) electrons. The number of para-hydroxylation sites is 2. The highest BCUT2D eigenvalue weighted by atomic mass is 35.5. The second-order valence-corrected chi connectivity index (χ2v) is 7.95. The van der Waals surface area contributed by atoms with Crippen molar-refractivity contribution >= 4 is 57.6 Å². The molecule has 0 spiro atoms. The van der Waals surface area contributed by atoms with Crippen molar-refractivity contribution in [2.24, 2.45) is 0 Å². The first-order chi connectivity index (χ1) is 13.9. The number of aromatic nitrogens is 2. The Kier molecular flexibility index (Phi) is 5.50. The van der Waals surface area contributed by atoms with Gasteiger partial charge in [0, 0.05) is 10.6 Å². The minimum atomic E-state index is -0.102. The molecule has 0 fully saturated rings. The molecule has 0 unspecified atom stereocenters. The van der Waals surface area contributed by atoms with Crippen LogP contribution in [0, 0.1) is 0 Å². The Balaban J connectivity index is 1.72. The minimum Gasteiger partial charge on any atom is -0.291 e. The van der Waals surface area contributed by atoms with E-state index >= 15 is 0 Å². The van der Waals surface area contributed by atoms with Gasteiger partial charge >= 0.3 is 5.95 Å². The van der Waals surface area contributed by atoms with E-state index in [9.17, 15) is 4.79 Å². The molecule has 4 aromatic rings. The first-order valence-electron chi connectivity index (χ1n) is 8.93. The van der Waals surface area contributed by atoms with Gasteiger partial charge in [0.25, 0.3) is 0 Å². The maximum atomic E-state index is 12.9. The van der Waals surface area contributed by atoms with E-state index in [2.05, 4.69) is 0 Å². The van der Waals surface area contributed by atoms with Gasteiger partial charge in [-0.1, -0.05) is 59.1 Å². The number of ketones is 1. The van der Waals surface area contributed by atoms with Crippen molar-refractivity contribution in [1.82, 2.24) is 4.57 Å². The highest BCUT2D eigenvalue weighted by molar-refractivity contribution is 6.42. The van der Waals surface area contributed by atoms with E-state index in [0.29, 0.717) is 33.1 Å².